The lowest BCUT2D eigenvalue weighted by atomic mass is 9.95. The van der Waals surface area contributed by atoms with E-state index >= 15 is 0 Å². The maximum Gasteiger partial charge on any atom is 0.246 e. The summed E-state index contributed by atoms with van der Waals surface area (Å²) in [7, 11) is 1.51. The molecule has 5 nitrogen and oxygen atoms in total. The molecule has 1 atom stereocenters. The average molecular weight is 529 g/mol. The van der Waals surface area contributed by atoms with Gasteiger partial charge in [-0.2, -0.15) is 0 Å². The maximum atomic E-state index is 12.4. The van der Waals surface area contributed by atoms with E-state index in [0.29, 0.717) is 19.4 Å². The summed E-state index contributed by atoms with van der Waals surface area (Å²) in [6, 6.07) is 10.1. The fourth-order valence-electron chi connectivity index (χ4n) is 3.36. The Morgan fingerprint density at radius 3 is 2.43 bits per heavy atom. The van der Waals surface area contributed by atoms with Crippen LogP contribution in [-0.2, 0) is 20.9 Å². The van der Waals surface area contributed by atoms with Crippen molar-refractivity contribution < 1.29 is 14.3 Å². The zero-order valence-corrected chi connectivity index (χ0v) is 24.8. The number of unbranched alkanes of at least 4 members (excludes halogenated alkanes) is 1. The number of carbonyl (C=O) groups is 2. The molecule has 0 saturated carbocycles. The second-order valence-electron chi connectivity index (χ2n) is 9.43. The van der Waals surface area contributed by atoms with Gasteiger partial charge >= 0.3 is 0 Å². The van der Waals surface area contributed by atoms with Crippen LogP contribution in [-0.4, -0.2) is 35.7 Å². The van der Waals surface area contributed by atoms with Crippen molar-refractivity contribution in [1.29, 1.82) is 0 Å². The van der Waals surface area contributed by atoms with Crippen LogP contribution in [0.25, 0.3) is 0 Å². The molecule has 0 aromatic heterocycles. The SMILES string of the molecule is C=C/C=C\C1=C(C)SCCC(=O)N1Cc1ccccc1.CC.COC(CCC/C=C/C(C)(C)C)C(N)=O. The van der Waals surface area contributed by atoms with E-state index < -0.39 is 6.10 Å². The minimum Gasteiger partial charge on any atom is -0.372 e. The van der Waals surface area contributed by atoms with Crippen LogP contribution in [0.1, 0.15) is 72.8 Å². The third-order valence-corrected chi connectivity index (χ3v) is 6.27. The first kappa shape index (κ1) is 34.4. The lowest BCUT2D eigenvalue weighted by Gasteiger charge is -2.23. The largest absolute Gasteiger partial charge is 0.372 e. The molecule has 1 aliphatic rings. The smallest absolute Gasteiger partial charge is 0.246 e. The van der Waals surface area contributed by atoms with E-state index in [1.165, 1.54) is 12.0 Å². The quantitative estimate of drug-likeness (QED) is 0.195. The molecule has 0 aliphatic carbocycles. The van der Waals surface area contributed by atoms with Crippen LogP contribution in [0.5, 0.6) is 0 Å². The summed E-state index contributed by atoms with van der Waals surface area (Å²) < 4.78 is 4.96. The third-order valence-electron chi connectivity index (χ3n) is 5.22. The van der Waals surface area contributed by atoms with E-state index in [4.69, 9.17) is 10.5 Å². The number of allylic oxidation sites excluding steroid dienone is 6. The fourth-order valence-corrected chi connectivity index (χ4v) is 4.27. The van der Waals surface area contributed by atoms with Crippen molar-refractivity contribution in [1.82, 2.24) is 4.90 Å². The normalized spacial score (nSPS) is 15.0. The van der Waals surface area contributed by atoms with Gasteiger partial charge in [-0.05, 0) is 43.2 Å². The molecule has 1 aromatic rings. The highest BCUT2D eigenvalue weighted by molar-refractivity contribution is 8.03. The van der Waals surface area contributed by atoms with Gasteiger partial charge in [-0.25, -0.2) is 0 Å². The molecule has 0 fully saturated rings. The molecule has 37 heavy (non-hydrogen) atoms. The van der Waals surface area contributed by atoms with Gasteiger partial charge < -0.3 is 15.4 Å². The highest BCUT2D eigenvalue weighted by Gasteiger charge is 2.22. The number of benzene rings is 1. The number of hydrogen-bond acceptors (Lipinski definition) is 4. The van der Waals surface area contributed by atoms with E-state index in [1.54, 1.807) is 17.8 Å². The number of ether oxygens (including phenoxy) is 1. The minimum absolute atomic E-state index is 0.182. The second-order valence-corrected chi connectivity index (χ2v) is 10.7. The summed E-state index contributed by atoms with van der Waals surface area (Å²) in [5.41, 5.74) is 7.51. The van der Waals surface area contributed by atoms with Gasteiger partial charge in [0, 0.05) is 24.2 Å². The molecule has 0 spiro atoms. The predicted octanol–water partition coefficient (Wildman–Crippen LogP) is 7.41. The summed E-state index contributed by atoms with van der Waals surface area (Å²) in [4.78, 5) is 26.3. The Morgan fingerprint density at radius 2 is 1.89 bits per heavy atom. The van der Waals surface area contributed by atoms with Crippen molar-refractivity contribution in [2.45, 2.75) is 79.9 Å². The number of carbonyl (C=O) groups excluding carboxylic acids is 2. The minimum atomic E-state index is -0.437. The summed E-state index contributed by atoms with van der Waals surface area (Å²) in [5, 5.41) is 0. The van der Waals surface area contributed by atoms with Gasteiger partial charge in [-0.3, -0.25) is 9.59 Å². The first-order chi connectivity index (χ1) is 17.6. The van der Waals surface area contributed by atoms with Gasteiger partial charge in [-0.15, -0.1) is 11.8 Å². The van der Waals surface area contributed by atoms with Crippen LogP contribution in [0.4, 0.5) is 0 Å². The lowest BCUT2D eigenvalue weighted by Crippen LogP contribution is -2.29. The second kappa shape index (κ2) is 19.5. The first-order valence-corrected chi connectivity index (χ1v) is 14.0. The van der Waals surface area contributed by atoms with Crippen LogP contribution in [0.15, 0.2) is 77.9 Å². The van der Waals surface area contributed by atoms with E-state index in [0.717, 1.165) is 29.9 Å². The van der Waals surface area contributed by atoms with Crippen LogP contribution in [0, 0.1) is 5.41 Å². The highest BCUT2D eigenvalue weighted by atomic mass is 32.2. The van der Waals surface area contributed by atoms with Crippen molar-refractivity contribution in [2.24, 2.45) is 11.1 Å². The van der Waals surface area contributed by atoms with Gasteiger partial charge in [0.25, 0.3) is 0 Å². The number of nitrogens with two attached hydrogens (primary N) is 1. The van der Waals surface area contributed by atoms with Gasteiger partial charge in [0.1, 0.15) is 6.10 Å². The molecule has 0 saturated heterocycles. The van der Waals surface area contributed by atoms with E-state index in [1.807, 2.05) is 49.1 Å². The molecular formula is C31H48N2O3S. The molecule has 2 amide bonds. The highest BCUT2D eigenvalue weighted by Crippen LogP contribution is 2.29. The van der Waals surface area contributed by atoms with Crippen molar-refractivity contribution in [3.63, 3.8) is 0 Å². The van der Waals surface area contributed by atoms with Crippen molar-refractivity contribution >= 4 is 23.6 Å². The molecule has 0 bridgehead atoms. The van der Waals surface area contributed by atoms with Gasteiger partial charge in [0.15, 0.2) is 0 Å². The Labute approximate surface area is 229 Å². The van der Waals surface area contributed by atoms with E-state index in [-0.39, 0.29) is 17.2 Å². The Kier molecular flexibility index (Phi) is 18.2. The number of thioether (sulfide) groups is 1. The fraction of sp³-hybridized carbons (Fsp3) is 0.484. The number of amides is 2. The number of nitrogens with zero attached hydrogens (tertiary/aromatic N) is 1. The van der Waals surface area contributed by atoms with Crippen molar-refractivity contribution in [3.05, 3.63) is 83.5 Å². The van der Waals surface area contributed by atoms with E-state index in [9.17, 15) is 9.59 Å². The molecule has 206 valence electrons. The van der Waals surface area contributed by atoms with Crippen LogP contribution >= 0.6 is 11.8 Å². The zero-order valence-electron chi connectivity index (χ0n) is 24.0. The first-order valence-electron chi connectivity index (χ1n) is 13.1. The molecule has 0 radical (unpaired) electrons. The topological polar surface area (TPSA) is 72.6 Å². The lowest BCUT2D eigenvalue weighted by molar-refractivity contribution is -0.129. The number of primary amides is 1. The standard InChI is InChI=1S/C17H19NOS.C12H23NO2.C2H6/c1-3-4-10-16-14(2)20-12-11-17(19)18(16)13-15-8-6-5-7-9-15;1-12(2,3)9-7-5-6-8-10(15-4)11(13)14;1-2/h3-10H,1,11-13H2,2H3;7,9-10H,5-6,8H2,1-4H3,(H2,13,14);1-2H3/b10-4-;9-7+;. The Balaban J connectivity index is 0.000000684. The molecule has 1 heterocycles. The summed E-state index contributed by atoms with van der Waals surface area (Å²) >= 11 is 1.75. The van der Waals surface area contributed by atoms with Crippen molar-refractivity contribution in [3.8, 4) is 0 Å². The zero-order chi connectivity index (χ0) is 28.3. The predicted molar refractivity (Wildman–Crippen MR) is 160 cm³/mol. The van der Waals surface area contributed by atoms with Crippen LogP contribution in [0.2, 0.25) is 0 Å². The molecule has 1 aliphatic heterocycles. The van der Waals surface area contributed by atoms with Gasteiger partial charge in [0.2, 0.25) is 11.8 Å². The number of rotatable bonds is 10. The monoisotopic (exact) mass is 528 g/mol. The Hall–Kier alpha value is -2.57. The molecule has 2 rings (SSSR count). The Morgan fingerprint density at radius 1 is 1.24 bits per heavy atom. The number of hydrogen-bond donors (Lipinski definition) is 1. The van der Waals surface area contributed by atoms with Crippen LogP contribution in [0.3, 0.4) is 0 Å². The number of methoxy groups -OCH3 is 1. The van der Waals surface area contributed by atoms with Gasteiger partial charge in [0.05, 0.1) is 12.2 Å². The molecule has 1 unspecified atom stereocenters. The molecular weight excluding hydrogens is 480 g/mol. The van der Waals surface area contributed by atoms with Crippen molar-refractivity contribution in [2.75, 3.05) is 12.9 Å². The average Bonchev–Trinajstić information content (AvgIpc) is 2.99. The molecule has 6 heteroatoms. The van der Waals surface area contributed by atoms with Gasteiger partial charge in [-0.1, -0.05) is 95.8 Å². The van der Waals surface area contributed by atoms with Crippen LogP contribution < -0.4 is 5.73 Å². The third kappa shape index (κ3) is 15.3. The molecule has 2 N–H and O–H groups in total. The summed E-state index contributed by atoms with van der Waals surface area (Å²) in [6.07, 6.45) is 12.7. The summed E-state index contributed by atoms with van der Waals surface area (Å²) in [6.45, 7) is 16.9. The molecule has 1 aromatic carbocycles. The Bertz CT molecular complexity index is 899. The maximum absolute atomic E-state index is 12.4. The van der Waals surface area contributed by atoms with E-state index in [2.05, 4.69) is 58.6 Å². The summed E-state index contributed by atoms with van der Waals surface area (Å²) in [5.74, 6) is 0.653.